The van der Waals surface area contributed by atoms with Crippen molar-refractivity contribution in [3.8, 4) is 11.4 Å². The van der Waals surface area contributed by atoms with Crippen molar-refractivity contribution in [3.05, 3.63) is 87.6 Å². The van der Waals surface area contributed by atoms with E-state index in [1.54, 1.807) is 18.2 Å². The molecule has 210 valence electrons. The predicted octanol–water partition coefficient (Wildman–Crippen LogP) is 5.75. The minimum Gasteiger partial charge on any atom is -0.496 e. The van der Waals surface area contributed by atoms with Crippen LogP contribution in [0.5, 0.6) is 5.75 Å². The molecule has 0 bridgehead atoms. The van der Waals surface area contributed by atoms with Crippen molar-refractivity contribution in [3.63, 3.8) is 0 Å². The van der Waals surface area contributed by atoms with Crippen molar-refractivity contribution >= 4 is 17.6 Å². The monoisotopic (exact) mass is 576 g/mol. The molecule has 4 aromatic rings. The maximum atomic E-state index is 14.2. The zero-order valence-corrected chi connectivity index (χ0v) is 22.4. The van der Waals surface area contributed by atoms with Crippen molar-refractivity contribution < 1.29 is 36.6 Å². The lowest BCUT2D eigenvalue weighted by molar-refractivity contribution is -0.146. The number of halogens is 4. The number of oxazole rings is 1. The first-order valence-corrected chi connectivity index (χ1v) is 12.6. The molecule has 0 spiro atoms. The Morgan fingerprint density at radius 2 is 1.95 bits per heavy atom. The Morgan fingerprint density at radius 1 is 1.15 bits per heavy atom. The Labute approximate surface area is 231 Å². The predicted molar refractivity (Wildman–Crippen MR) is 135 cm³/mol. The average molecular weight is 577 g/mol. The minimum atomic E-state index is -4.80. The van der Waals surface area contributed by atoms with Crippen LogP contribution in [0.15, 0.2) is 47.0 Å². The topological polar surface area (TPSA) is 102 Å². The van der Waals surface area contributed by atoms with Crippen LogP contribution in [0.4, 0.5) is 13.2 Å². The van der Waals surface area contributed by atoms with Gasteiger partial charge >= 0.3 is 12.1 Å². The second-order valence-corrected chi connectivity index (χ2v) is 9.53. The summed E-state index contributed by atoms with van der Waals surface area (Å²) in [5, 5.41) is 7.72. The quantitative estimate of drug-likeness (QED) is 0.256. The molecule has 5 rings (SSSR count). The third-order valence-corrected chi connectivity index (χ3v) is 6.87. The van der Waals surface area contributed by atoms with Crippen LogP contribution in [0.2, 0.25) is 5.02 Å². The molecule has 13 heteroatoms. The van der Waals surface area contributed by atoms with Crippen molar-refractivity contribution in [2.24, 2.45) is 0 Å². The molecule has 2 aromatic carbocycles. The van der Waals surface area contributed by atoms with Gasteiger partial charge in [0.2, 0.25) is 5.82 Å². The lowest BCUT2D eigenvalue weighted by atomic mass is 9.95. The number of alkyl halides is 3. The van der Waals surface area contributed by atoms with E-state index in [9.17, 15) is 18.0 Å². The van der Waals surface area contributed by atoms with Crippen LogP contribution in [-0.2, 0) is 33.3 Å². The Morgan fingerprint density at radius 3 is 2.67 bits per heavy atom. The number of methoxy groups -OCH3 is 2. The molecule has 1 aliphatic rings. The number of rotatable bonds is 7. The molecule has 0 radical (unpaired) electrons. The maximum absolute atomic E-state index is 14.2. The van der Waals surface area contributed by atoms with Gasteiger partial charge in [-0.15, -0.1) is 10.2 Å². The summed E-state index contributed by atoms with van der Waals surface area (Å²) >= 11 is 6.34. The number of benzene rings is 2. The Bertz CT molecular complexity index is 1550. The average Bonchev–Trinajstić information content (AvgIpc) is 3.54. The number of carbonyl (C=O) groups is 1. The molecule has 0 aliphatic carbocycles. The first-order valence-electron chi connectivity index (χ1n) is 12.2. The Kier molecular flexibility index (Phi) is 7.56. The fourth-order valence-electron chi connectivity index (χ4n) is 4.72. The second kappa shape index (κ2) is 10.9. The number of aryl methyl sites for hydroxylation is 1. The molecule has 0 unspecified atom stereocenters. The van der Waals surface area contributed by atoms with E-state index in [2.05, 4.69) is 19.9 Å². The highest BCUT2D eigenvalue weighted by Gasteiger charge is 2.43. The summed E-state index contributed by atoms with van der Waals surface area (Å²) in [6.07, 6.45) is -4.99. The van der Waals surface area contributed by atoms with Gasteiger partial charge in [-0.1, -0.05) is 23.7 Å². The third kappa shape index (κ3) is 5.28. The van der Waals surface area contributed by atoms with Gasteiger partial charge in [0.15, 0.2) is 11.7 Å². The summed E-state index contributed by atoms with van der Waals surface area (Å²) in [6, 6.07) is 9.94. The summed E-state index contributed by atoms with van der Waals surface area (Å²) in [5.74, 6) is -0.489. The van der Waals surface area contributed by atoms with Crippen LogP contribution in [0.1, 0.15) is 58.6 Å². The van der Waals surface area contributed by atoms with E-state index < -0.39 is 30.2 Å². The number of esters is 1. The molecule has 40 heavy (non-hydrogen) atoms. The highest BCUT2D eigenvalue weighted by atomic mass is 35.5. The number of aromatic nitrogens is 4. The van der Waals surface area contributed by atoms with Gasteiger partial charge in [0.1, 0.15) is 23.7 Å². The molecule has 0 saturated carbocycles. The van der Waals surface area contributed by atoms with Gasteiger partial charge < -0.3 is 18.6 Å². The molecule has 0 saturated heterocycles. The van der Waals surface area contributed by atoms with Gasteiger partial charge in [-0.25, -0.2) is 4.98 Å². The molecule has 2 aromatic heterocycles. The molecular formula is C27H24ClF3N4O5. The van der Waals surface area contributed by atoms with E-state index in [1.165, 1.54) is 32.5 Å². The van der Waals surface area contributed by atoms with Crippen LogP contribution in [-0.4, -0.2) is 39.9 Å². The second-order valence-electron chi connectivity index (χ2n) is 9.10. The lowest BCUT2D eigenvalue weighted by Crippen LogP contribution is -2.17. The van der Waals surface area contributed by atoms with E-state index in [0.717, 1.165) is 10.1 Å². The molecule has 3 heterocycles. The summed E-state index contributed by atoms with van der Waals surface area (Å²) < 4.78 is 65.9. The van der Waals surface area contributed by atoms with E-state index >= 15 is 0 Å². The molecule has 9 nitrogen and oxygen atoms in total. The van der Waals surface area contributed by atoms with E-state index in [4.69, 9.17) is 25.5 Å². The summed E-state index contributed by atoms with van der Waals surface area (Å²) in [4.78, 5) is 15.8. The number of hydrogen-bond donors (Lipinski definition) is 0. The van der Waals surface area contributed by atoms with Gasteiger partial charge in [0, 0.05) is 17.0 Å². The molecule has 1 aliphatic heterocycles. The van der Waals surface area contributed by atoms with Crippen LogP contribution in [0, 0.1) is 6.92 Å². The van der Waals surface area contributed by atoms with Gasteiger partial charge in [-0.2, -0.15) is 13.2 Å². The van der Waals surface area contributed by atoms with Crippen LogP contribution in [0.25, 0.3) is 5.69 Å². The summed E-state index contributed by atoms with van der Waals surface area (Å²) in [7, 11) is 2.82. The summed E-state index contributed by atoms with van der Waals surface area (Å²) in [5.41, 5.74) is 1.99. The van der Waals surface area contributed by atoms with Crippen LogP contribution >= 0.6 is 11.6 Å². The normalized spacial score (nSPS) is 16.7. The fraction of sp³-hybridized carbons (Fsp3) is 0.333. The van der Waals surface area contributed by atoms with Gasteiger partial charge in [-0.3, -0.25) is 9.36 Å². The van der Waals surface area contributed by atoms with Crippen molar-refractivity contribution in [2.45, 2.75) is 44.6 Å². The number of carbonyl (C=O) groups excluding carboxylic acids is 1. The highest BCUT2D eigenvalue weighted by molar-refractivity contribution is 6.30. The SMILES string of the molecule is COC(=O)CCc1cnc(C[C@H]2O[C@H](c3cccc(OC)c3C)c3cc(Cl)ccc3-n3c2nnc3C(F)(F)F)o1. The largest absolute Gasteiger partial charge is 0.496 e. The van der Waals surface area contributed by atoms with Gasteiger partial charge in [-0.05, 0) is 42.3 Å². The summed E-state index contributed by atoms with van der Waals surface area (Å²) in [6.45, 7) is 1.84. The number of hydrogen-bond acceptors (Lipinski definition) is 8. The third-order valence-electron chi connectivity index (χ3n) is 6.64. The van der Waals surface area contributed by atoms with E-state index in [-0.39, 0.29) is 36.7 Å². The Balaban J connectivity index is 1.64. The van der Waals surface area contributed by atoms with Crippen molar-refractivity contribution in [1.82, 2.24) is 19.7 Å². The molecule has 0 amide bonds. The van der Waals surface area contributed by atoms with Crippen LogP contribution in [0.3, 0.4) is 0 Å². The molecule has 2 atom stereocenters. The zero-order valence-electron chi connectivity index (χ0n) is 21.7. The van der Waals surface area contributed by atoms with Crippen LogP contribution < -0.4 is 4.74 Å². The molecule has 0 fully saturated rings. The number of ether oxygens (including phenoxy) is 3. The zero-order chi connectivity index (χ0) is 28.6. The molecule has 0 N–H and O–H groups in total. The van der Waals surface area contributed by atoms with Gasteiger partial charge in [0.05, 0.1) is 38.9 Å². The van der Waals surface area contributed by atoms with E-state index in [0.29, 0.717) is 27.7 Å². The van der Waals surface area contributed by atoms with Crippen molar-refractivity contribution in [1.29, 1.82) is 0 Å². The van der Waals surface area contributed by atoms with Crippen molar-refractivity contribution in [2.75, 3.05) is 14.2 Å². The highest BCUT2D eigenvalue weighted by Crippen LogP contribution is 2.45. The number of fused-ring (bicyclic) bond motifs is 3. The standard InChI is InChI=1S/C27H24ClF3N4O5/c1-14-17(5-4-6-20(14)37-2)24-18-11-15(28)7-9-19(18)35-25(33-34-26(35)27(29,30)31)21(40-24)12-22-32-13-16(39-22)8-10-23(36)38-3/h4-7,9,11,13,21,24H,8,10,12H2,1-3H3/t21-,24-/m1/s1. The Hall–Kier alpha value is -3.90. The fourth-order valence-corrected chi connectivity index (χ4v) is 4.90. The van der Waals surface area contributed by atoms with E-state index in [1.807, 2.05) is 13.0 Å². The first-order chi connectivity index (χ1) is 19.1. The minimum absolute atomic E-state index is 0.0601. The lowest BCUT2D eigenvalue weighted by Gasteiger charge is -2.24. The number of nitrogens with zero attached hydrogens (tertiary/aromatic N) is 4. The van der Waals surface area contributed by atoms with Gasteiger partial charge in [0.25, 0.3) is 0 Å². The smallest absolute Gasteiger partial charge is 0.452 e. The molecular weight excluding hydrogens is 553 g/mol. The maximum Gasteiger partial charge on any atom is 0.452 e. The first kappa shape index (κ1) is 27.7.